The number of carbonyl (C=O) groups is 3. The van der Waals surface area contributed by atoms with Crippen molar-refractivity contribution in [2.24, 2.45) is 0 Å². The van der Waals surface area contributed by atoms with Gasteiger partial charge in [-0.05, 0) is 54.5 Å². The second-order valence-corrected chi connectivity index (χ2v) is 8.23. The molecule has 0 spiro atoms. The predicted molar refractivity (Wildman–Crippen MR) is 114 cm³/mol. The topological polar surface area (TPSA) is 78.5 Å². The largest absolute Gasteiger partial charge is 0.348 e. The zero-order chi connectivity index (χ0) is 21.3. The summed E-state index contributed by atoms with van der Waals surface area (Å²) in [4.78, 5) is 39.6. The smallest absolute Gasteiger partial charge is 0.325 e. The number of amides is 4. The molecule has 2 aromatic carbocycles. The van der Waals surface area contributed by atoms with E-state index in [0.717, 1.165) is 29.7 Å². The van der Waals surface area contributed by atoms with Gasteiger partial charge in [-0.1, -0.05) is 54.9 Å². The number of hydrogen-bond acceptors (Lipinski definition) is 3. The molecule has 1 fully saturated rings. The standard InChI is InChI=1S/C23H24ClN3O3/c1-2-23(16-10-12-17(24)13-11-16)21(29)27(22(30)26-23)14-20(28)25-19-9-5-7-15-6-3-4-8-18(15)19/h3-4,6,8,10-13,19H,2,5,7,9,14H2,1H3,(H,25,28)(H,26,30). The second kappa shape index (κ2) is 8.11. The zero-order valence-corrected chi connectivity index (χ0v) is 17.5. The van der Waals surface area contributed by atoms with Crippen LogP contribution in [0.4, 0.5) is 4.79 Å². The van der Waals surface area contributed by atoms with E-state index >= 15 is 0 Å². The summed E-state index contributed by atoms with van der Waals surface area (Å²) in [6.07, 6.45) is 3.19. The molecule has 0 aromatic heterocycles. The van der Waals surface area contributed by atoms with Crippen LogP contribution in [0.3, 0.4) is 0 Å². The number of nitrogens with zero attached hydrogens (tertiary/aromatic N) is 1. The van der Waals surface area contributed by atoms with Gasteiger partial charge in [0.1, 0.15) is 12.1 Å². The van der Waals surface area contributed by atoms with Crippen molar-refractivity contribution in [3.8, 4) is 0 Å². The van der Waals surface area contributed by atoms with E-state index in [4.69, 9.17) is 11.6 Å². The summed E-state index contributed by atoms with van der Waals surface area (Å²) in [7, 11) is 0. The quantitative estimate of drug-likeness (QED) is 0.717. The number of carbonyl (C=O) groups excluding carboxylic acids is 3. The van der Waals surface area contributed by atoms with E-state index in [9.17, 15) is 14.4 Å². The lowest BCUT2D eigenvalue weighted by molar-refractivity contribution is -0.135. The first-order valence-electron chi connectivity index (χ1n) is 10.2. The van der Waals surface area contributed by atoms with Crippen molar-refractivity contribution >= 4 is 29.4 Å². The molecular formula is C23H24ClN3O3. The molecule has 4 amide bonds. The molecule has 2 atom stereocenters. The molecular weight excluding hydrogens is 402 g/mol. The molecule has 2 aliphatic rings. The van der Waals surface area contributed by atoms with Crippen molar-refractivity contribution in [1.29, 1.82) is 0 Å². The van der Waals surface area contributed by atoms with Crippen LogP contribution in [0, 0.1) is 0 Å². The highest BCUT2D eigenvalue weighted by molar-refractivity contribution is 6.30. The number of hydrogen-bond donors (Lipinski definition) is 2. The third-order valence-electron chi connectivity index (χ3n) is 6.05. The van der Waals surface area contributed by atoms with Crippen molar-refractivity contribution in [2.75, 3.05) is 6.54 Å². The normalized spacial score (nSPS) is 23.1. The van der Waals surface area contributed by atoms with Crippen molar-refractivity contribution in [1.82, 2.24) is 15.5 Å². The van der Waals surface area contributed by atoms with Gasteiger partial charge in [-0.15, -0.1) is 0 Å². The van der Waals surface area contributed by atoms with Gasteiger partial charge in [0, 0.05) is 5.02 Å². The van der Waals surface area contributed by atoms with E-state index in [2.05, 4.69) is 16.7 Å². The fourth-order valence-corrected chi connectivity index (χ4v) is 4.56. The van der Waals surface area contributed by atoms with Crippen LogP contribution in [-0.4, -0.2) is 29.3 Å². The highest BCUT2D eigenvalue weighted by atomic mass is 35.5. The van der Waals surface area contributed by atoms with Gasteiger partial charge < -0.3 is 10.6 Å². The molecule has 156 valence electrons. The third-order valence-corrected chi connectivity index (χ3v) is 6.30. The van der Waals surface area contributed by atoms with Crippen LogP contribution in [0.1, 0.15) is 48.9 Å². The Hall–Kier alpha value is -2.86. The lowest BCUT2D eigenvalue weighted by Gasteiger charge is -2.27. The van der Waals surface area contributed by atoms with Gasteiger partial charge in [0.15, 0.2) is 0 Å². The molecule has 2 unspecified atom stereocenters. The lowest BCUT2D eigenvalue weighted by Crippen LogP contribution is -2.45. The minimum Gasteiger partial charge on any atom is -0.348 e. The van der Waals surface area contributed by atoms with E-state index < -0.39 is 17.5 Å². The highest BCUT2D eigenvalue weighted by Crippen LogP contribution is 2.33. The maximum absolute atomic E-state index is 13.2. The Labute approximate surface area is 180 Å². The number of urea groups is 1. The van der Waals surface area contributed by atoms with Crippen molar-refractivity contribution < 1.29 is 14.4 Å². The Morgan fingerprint density at radius 2 is 1.93 bits per heavy atom. The molecule has 6 nitrogen and oxygen atoms in total. The van der Waals surface area contributed by atoms with Crippen LogP contribution in [0.2, 0.25) is 5.02 Å². The number of fused-ring (bicyclic) bond motifs is 1. The first-order valence-corrected chi connectivity index (χ1v) is 10.6. The number of benzene rings is 2. The molecule has 0 bridgehead atoms. The molecule has 7 heteroatoms. The predicted octanol–water partition coefficient (Wildman–Crippen LogP) is 3.69. The average molecular weight is 426 g/mol. The van der Waals surface area contributed by atoms with Crippen LogP contribution >= 0.6 is 11.6 Å². The van der Waals surface area contributed by atoms with Crippen molar-refractivity contribution in [3.63, 3.8) is 0 Å². The second-order valence-electron chi connectivity index (χ2n) is 7.80. The molecule has 4 rings (SSSR count). The number of halogens is 1. The van der Waals surface area contributed by atoms with E-state index in [1.165, 1.54) is 5.56 Å². The molecule has 2 aromatic rings. The Morgan fingerprint density at radius 3 is 2.67 bits per heavy atom. The Balaban J connectivity index is 1.50. The number of imide groups is 1. The Kier molecular flexibility index (Phi) is 5.52. The van der Waals surface area contributed by atoms with Gasteiger partial charge >= 0.3 is 6.03 Å². The van der Waals surface area contributed by atoms with Crippen LogP contribution in [0.25, 0.3) is 0 Å². The fraction of sp³-hybridized carbons (Fsp3) is 0.348. The van der Waals surface area contributed by atoms with E-state index in [0.29, 0.717) is 17.0 Å². The van der Waals surface area contributed by atoms with E-state index in [-0.39, 0.29) is 18.5 Å². The minimum atomic E-state index is -1.18. The molecule has 30 heavy (non-hydrogen) atoms. The summed E-state index contributed by atoms with van der Waals surface area (Å²) in [6.45, 7) is 1.52. The van der Waals surface area contributed by atoms with E-state index in [1.54, 1.807) is 24.3 Å². The third kappa shape index (κ3) is 3.56. The molecule has 1 aliphatic carbocycles. The number of rotatable bonds is 5. The van der Waals surface area contributed by atoms with Crippen molar-refractivity contribution in [2.45, 2.75) is 44.2 Å². The molecule has 0 radical (unpaired) electrons. The maximum Gasteiger partial charge on any atom is 0.325 e. The van der Waals surface area contributed by atoms with Gasteiger partial charge in [-0.2, -0.15) is 0 Å². The monoisotopic (exact) mass is 425 g/mol. The Morgan fingerprint density at radius 1 is 1.20 bits per heavy atom. The summed E-state index contributed by atoms with van der Waals surface area (Å²) >= 11 is 5.96. The molecule has 2 N–H and O–H groups in total. The zero-order valence-electron chi connectivity index (χ0n) is 16.8. The molecule has 1 heterocycles. The number of aryl methyl sites for hydroxylation is 1. The summed E-state index contributed by atoms with van der Waals surface area (Å²) in [6, 6.07) is 14.2. The van der Waals surface area contributed by atoms with Gasteiger partial charge in [0.05, 0.1) is 6.04 Å². The molecule has 0 saturated carbocycles. The van der Waals surface area contributed by atoms with Crippen LogP contribution in [0.5, 0.6) is 0 Å². The van der Waals surface area contributed by atoms with Crippen LogP contribution in [-0.2, 0) is 21.5 Å². The minimum absolute atomic E-state index is 0.101. The van der Waals surface area contributed by atoms with Crippen LogP contribution in [0.15, 0.2) is 48.5 Å². The van der Waals surface area contributed by atoms with Gasteiger partial charge in [-0.3, -0.25) is 14.5 Å². The lowest BCUT2D eigenvalue weighted by atomic mass is 9.87. The SMILES string of the molecule is CCC1(c2ccc(Cl)cc2)NC(=O)N(CC(=O)NC2CCCc3ccccc32)C1=O. The van der Waals surface area contributed by atoms with Gasteiger partial charge in [-0.25, -0.2) is 4.79 Å². The summed E-state index contributed by atoms with van der Waals surface area (Å²) < 4.78 is 0. The Bertz CT molecular complexity index is 991. The number of nitrogens with one attached hydrogen (secondary N) is 2. The highest BCUT2D eigenvalue weighted by Gasteiger charge is 2.51. The summed E-state index contributed by atoms with van der Waals surface area (Å²) in [5, 5.41) is 6.34. The summed E-state index contributed by atoms with van der Waals surface area (Å²) in [5.41, 5.74) is 1.81. The molecule has 1 aliphatic heterocycles. The van der Waals surface area contributed by atoms with Crippen molar-refractivity contribution in [3.05, 3.63) is 70.2 Å². The summed E-state index contributed by atoms with van der Waals surface area (Å²) in [5.74, 6) is -0.764. The first-order chi connectivity index (χ1) is 14.4. The average Bonchev–Trinajstić information content (AvgIpc) is 2.99. The van der Waals surface area contributed by atoms with Gasteiger partial charge in [0.25, 0.3) is 5.91 Å². The first kappa shape index (κ1) is 20.4. The van der Waals surface area contributed by atoms with Crippen LogP contribution < -0.4 is 10.6 Å². The molecule has 1 saturated heterocycles. The fourth-order valence-electron chi connectivity index (χ4n) is 4.43. The van der Waals surface area contributed by atoms with Gasteiger partial charge in [0.2, 0.25) is 5.91 Å². The maximum atomic E-state index is 13.2. The van der Waals surface area contributed by atoms with E-state index in [1.807, 2.05) is 25.1 Å².